The highest BCUT2D eigenvalue weighted by atomic mass is 16.5. The smallest absolute Gasteiger partial charge is 0.308 e. The van der Waals surface area contributed by atoms with Crippen LogP contribution in [0.25, 0.3) is 6.08 Å². The normalized spacial score (nSPS) is 14.9. The highest BCUT2D eigenvalue weighted by Gasteiger charge is 2.21. The summed E-state index contributed by atoms with van der Waals surface area (Å²) in [6.45, 7) is 3.84. The van der Waals surface area contributed by atoms with Crippen LogP contribution in [0.4, 0.5) is 0 Å². The van der Waals surface area contributed by atoms with E-state index in [2.05, 4.69) is 0 Å². The largest absolute Gasteiger partial charge is 0.461 e. The summed E-state index contributed by atoms with van der Waals surface area (Å²) in [6.07, 6.45) is 3.61. The molecule has 0 spiro atoms. The van der Waals surface area contributed by atoms with Gasteiger partial charge < -0.3 is 4.74 Å². The minimum atomic E-state index is -0.522. The molecule has 1 aliphatic rings. The van der Waals surface area contributed by atoms with Crippen molar-refractivity contribution in [3.05, 3.63) is 41.0 Å². The van der Waals surface area contributed by atoms with Gasteiger partial charge in [0.2, 0.25) is 11.6 Å². The molecule has 1 aromatic carbocycles. The summed E-state index contributed by atoms with van der Waals surface area (Å²) in [6, 6.07) is 5.15. The Balaban J connectivity index is 2.12. The van der Waals surface area contributed by atoms with E-state index in [0.29, 0.717) is 16.7 Å². The number of ketones is 2. The molecular weight excluding hydrogens is 256 g/mol. The van der Waals surface area contributed by atoms with Gasteiger partial charge >= 0.3 is 5.97 Å². The van der Waals surface area contributed by atoms with Crippen LogP contribution in [0.3, 0.4) is 0 Å². The number of benzene rings is 1. The molecule has 1 aliphatic carbocycles. The standard InChI is InChI=1S/C16H16O4/c1-3-10(2)16(19)20-9-11-4-5-12-6-7-14(17)15(18)13(12)8-11/h4-8,10H,3,9H2,1-2H3. The van der Waals surface area contributed by atoms with Crippen LogP contribution in [-0.2, 0) is 20.9 Å². The predicted octanol–water partition coefficient (Wildman–Crippen LogP) is 2.55. The lowest BCUT2D eigenvalue weighted by Crippen LogP contribution is -2.17. The van der Waals surface area contributed by atoms with E-state index in [1.54, 1.807) is 24.3 Å². The summed E-state index contributed by atoms with van der Waals surface area (Å²) in [5.41, 5.74) is 1.79. The van der Waals surface area contributed by atoms with Crippen molar-refractivity contribution in [1.29, 1.82) is 0 Å². The molecule has 0 heterocycles. The van der Waals surface area contributed by atoms with Crippen molar-refractivity contribution in [3.8, 4) is 0 Å². The maximum atomic E-state index is 11.8. The molecule has 0 saturated carbocycles. The molecule has 2 rings (SSSR count). The third-order valence-corrected chi connectivity index (χ3v) is 3.40. The minimum absolute atomic E-state index is 0.113. The van der Waals surface area contributed by atoms with Crippen LogP contribution >= 0.6 is 0 Å². The van der Waals surface area contributed by atoms with E-state index in [-0.39, 0.29) is 18.5 Å². The zero-order valence-corrected chi connectivity index (χ0v) is 11.5. The highest BCUT2D eigenvalue weighted by molar-refractivity contribution is 6.49. The fraction of sp³-hybridized carbons (Fsp3) is 0.312. The summed E-state index contributed by atoms with van der Waals surface area (Å²) >= 11 is 0. The van der Waals surface area contributed by atoms with Crippen LogP contribution in [0.5, 0.6) is 0 Å². The van der Waals surface area contributed by atoms with Crippen LogP contribution in [0.1, 0.15) is 41.8 Å². The van der Waals surface area contributed by atoms with E-state index in [9.17, 15) is 14.4 Å². The van der Waals surface area contributed by atoms with Gasteiger partial charge in [-0.1, -0.05) is 32.1 Å². The third-order valence-electron chi connectivity index (χ3n) is 3.40. The van der Waals surface area contributed by atoms with Crippen LogP contribution < -0.4 is 0 Å². The Morgan fingerprint density at radius 1 is 1.25 bits per heavy atom. The van der Waals surface area contributed by atoms with E-state index in [1.807, 2.05) is 13.8 Å². The maximum Gasteiger partial charge on any atom is 0.308 e. The molecule has 0 radical (unpaired) electrons. The van der Waals surface area contributed by atoms with Gasteiger partial charge in [-0.25, -0.2) is 0 Å². The average molecular weight is 272 g/mol. The minimum Gasteiger partial charge on any atom is -0.461 e. The van der Waals surface area contributed by atoms with E-state index in [4.69, 9.17) is 4.74 Å². The highest BCUT2D eigenvalue weighted by Crippen LogP contribution is 2.20. The number of allylic oxidation sites excluding steroid dienone is 1. The van der Waals surface area contributed by atoms with Crippen LogP contribution in [-0.4, -0.2) is 17.5 Å². The molecule has 0 aromatic heterocycles. The Bertz CT molecular complexity index is 598. The molecule has 0 saturated heterocycles. The lowest BCUT2D eigenvalue weighted by molar-refractivity contribution is -0.149. The molecule has 0 bridgehead atoms. The Morgan fingerprint density at radius 2 is 2.00 bits per heavy atom. The van der Waals surface area contributed by atoms with Crippen molar-refractivity contribution >= 4 is 23.6 Å². The number of Topliss-reactive ketones (excluding diaryl/α,β-unsaturated/α-hetero) is 1. The molecule has 104 valence electrons. The first-order valence-corrected chi connectivity index (χ1v) is 6.59. The fourth-order valence-electron chi connectivity index (χ4n) is 1.87. The van der Waals surface area contributed by atoms with Crippen molar-refractivity contribution in [1.82, 2.24) is 0 Å². The van der Waals surface area contributed by atoms with Gasteiger partial charge in [0.1, 0.15) is 6.61 Å². The monoisotopic (exact) mass is 272 g/mol. The number of ether oxygens (including phenoxy) is 1. The third kappa shape index (κ3) is 2.85. The molecule has 0 aliphatic heterocycles. The van der Waals surface area contributed by atoms with Crippen molar-refractivity contribution in [2.24, 2.45) is 5.92 Å². The second-order valence-electron chi connectivity index (χ2n) is 4.87. The fourth-order valence-corrected chi connectivity index (χ4v) is 1.87. The molecular formula is C16H16O4. The summed E-state index contributed by atoms with van der Waals surface area (Å²) in [4.78, 5) is 34.7. The first-order valence-electron chi connectivity index (χ1n) is 6.59. The SMILES string of the molecule is CCC(C)C(=O)OCc1ccc2c(c1)C(=O)C(=O)C=C2. The molecule has 0 fully saturated rings. The molecule has 0 N–H and O–H groups in total. The van der Waals surface area contributed by atoms with Crippen LogP contribution in [0.15, 0.2) is 24.3 Å². The lowest BCUT2D eigenvalue weighted by Gasteiger charge is -2.12. The van der Waals surface area contributed by atoms with E-state index in [0.717, 1.165) is 6.42 Å². The molecule has 1 atom stereocenters. The topological polar surface area (TPSA) is 60.4 Å². The molecule has 1 unspecified atom stereocenters. The molecule has 4 heteroatoms. The van der Waals surface area contributed by atoms with Gasteiger partial charge in [-0.15, -0.1) is 0 Å². The first kappa shape index (κ1) is 14.2. The number of fused-ring (bicyclic) bond motifs is 1. The lowest BCUT2D eigenvalue weighted by atomic mass is 9.94. The molecule has 20 heavy (non-hydrogen) atoms. The number of rotatable bonds is 4. The van der Waals surface area contributed by atoms with E-state index >= 15 is 0 Å². The Kier molecular flexibility index (Phi) is 4.13. The Hall–Kier alpha value is -2.23. The Morgan fingerprint density at radius 3 is 2.70 bits per heavy atom. The molecule has 4 nitrogen and oxygen atoms in total. The van der Waals surface area contributed by atoms with Crippen molar-refractivity contribution < 1.29 is 19.1 Å². The van der Waals surface area contributed by atoms with E-state index < -0.39 is 11.6 Å². The summed E-state index contributed by atoms with van der Waals surface area (Å²) in [7, 11) is 0. The van der Waals surface area contributed by atoms with Crippen molar-refractivity contribution in [3.63, 3.8) is 0 Å². The molecule has 0 amide bonds. The van der Waals surface area contributed by atoms with E-state index in [1.165, 1.54) is 6.08 Å². The maximum absolute atomic E-state index is 11.8. The second kappa shape index (κ2) is 5.82. The zero-order chi connectivity index (χ0) is 14.7. The predicted molar refractivity (Wildman–Crippen MR) is 74.1 cm³/mol. The van der Waals surface area contributed by atoms with Crippen molar-refractivity contribution in [2.45, 2.75) is 26.9 Å². The summed E-state index contributed by atoms with van der Waals surface area (Å²) < 4.78 is 5.18. The van der Waals surface area contributed by atoms with Gasteiger partial charge in [0.25, 0.3) is 0 Å². The Labute approximate surface area is 117 Å². The van der Waals surface area contributed by atoms with Gasteiger partial charge in [0.05, 0.1) is 5.92 Å². The molecule has 1 aromatic rings. The number of carbonyl (C=O) groups is 3. The number of carbonyl (C=O) groups excluding carboxylic acids is 3. The zero-order valence-electron chi connectivity index (χ0n) is 11.5. The number of esters is 1. The average Bonchev–Trinajstić information content (AvgIpc) is 2.47. The van der Waals surface area contributed by atoms with Gasteiger partial charge in [-0.2, -0.15) is 0 Å². The van der Waals surface area contributed by atoms with Crippen LogP contribution in [0, 0.1) is 5.92 Å². The van der Waals surface area contributed by atoms with Crippen LogP contribution in [0.2, 0.25) is 0 Å². The van der Waals surface area contributed by atoms with Crippen molar-refractivity contribution in [2.75, 3.05) is 0 Å². The summed E-state index contributed by atoms with van der Waals surface area (Å²) in [5, 5.41) is 0. The number of hydrogen-bond donors (Lipinski definition) is 0. The van der Waals surface area contributed by atoms with Gasteiger partial charge in [-0.3, -0.25) is 14.4 Å². The second-order valence-corrected chi connectivity index (χ2v) is 4.87. The first-order chi connectivity index (χ1) is 9.52. The quantitative estimate of drug-likeness (QED) is 0.624. The number of hydrogen-bond acceptors (Lipinski definition) is 4. The summed E-state index contributed by atoms with van der Waals surface area (Å²) in [5.74, 6) is -1.44. The van der Waals surface area contributed by atoms with Gasteiger partial charge in [-0.05, 0) is 29.7 Å². The van der Waals surface area contributed by atoms with Gasteiger partial charge in [0.15, 0.2) is 0 Å². The van der Waals surface area contributed by atoms with Gasteiger partial charge in [0, 0.05) is 5.56 Å².